The molecule has 0 radical (unpaired) electrons. The molecular formula is C15H13N3O3S. The number of carbonyl (C=O) groups is 1. The number of nitrogens with one attached hydrogen (secondary N) is 1. The number of Topliss-reactive ketones (excluding diaryl/α,β-unsaturated/α-hetero) is 1. The molecule has 6 nitrogen and oxygen atoms in total. The predicted octanol–water partition coefficient (Wildman–Crippen LogP) is 2.35. The second-order valence-corrected chi connectivity index (χ2v) is 6.14. The lowest BCUT2D eigenvalue weighted by atomic mass is 10.1. The van der Waals surface area contributed by atoms with Crippen LogP contribution in [-0.2, 0) is 10.0 Å². The van der Waals surface area contributed by atoms with Crippen LogP contribution in [0.4, 0.5) is 5.82 Å². The Labute approximate surface area is 128 Å². The highest BCUT2D eigenvalue weighted by Gasteiger charge is 2.16. The number of hydrogen-bond donors (Lipinski definition) is 1. The van der Waals surface area contributed by atoms with Gasteiger partial charge < -0.3 is 0 Å². The van der Waals surface area contributed by atoms with Gasteiger partial charge in [0.15, 0.2) is 5.78 Å². The first-order valence-electron chi connectivity index (χ1n) is 6.48. The molecule has 1 aromatic carbocycles. The fourth-order valence-corrected chi connectivity index (χ4v) is 2.81. The fraction of sp³-hybridized carbons (Fsp3) is 0.133. The number of nitriles is 1. The average Bonchev–Trinajstić information content (AvgIpc) is 2.54. The van der Waals surface area contributed by atoms with Gasteiger partial charge in [0.1, 0.15) is 11.9 Å². The normalized spacial score (nSPS) is 10.7. The van der Waals surface area contributed by atoms with E-state index in [2.05, 4.69) is 9.71 Å². The number of ketones is 1. The number of sulfonamides is 1. The number of pyridine rings is 1. The number of nitrogens with zero attached hydrogens (tertiary/aromatic N) is 2. The topological polar surface area (TPSA) is 99.9 Å². The van der Waals surface area contributed by atoms with Crippen molar-refractivity contribution in [2.75, 3.05) is 4.72 Å². The van der Waals surface area contributed by atoms with Crippen molar-refractivity contribution in [2.45, 2.75) is 18.2 Å². The lowest BCUT2D eigenvalue weighted by Gasteiger charge is -2.08. The van der Waals surface area contributed by atoms with E-state index in [1.54, 1.807) is 13.0 Å². The maximum absolute atomic E-state index is 12.3. The van der Waals surface area contributed by atoms with Crippen molar-refractivity contribution in [2.24, 2.45) is 0 Å². The Morgan fingerprint density at radius 2 is 2.09 bits per heavy atom. The Hall–Kier alpha value is -2.72. The molecule has 7 heteroatoms. The summed E-state index contributed by atoms with van der Waals surface area (Å²) in [5, 5.41) is 8.68. The summed E-state index contributed by atoms with van der Waals surface area (Å²) >= 11 is 0. The zero-order valence-corrected chi connectivity index (χ0v) is 12.6. The molecule has 0 atom stereocenters. The number of benzene rings is 1. The molecule has 0 aliphatic heterocycles. The first kappa shape index (κ1) is 15.7. The molecule has 0 fully saturated rings. The van der Waals surface area contributed by atoms with E-state index in [1.807, 2.05) is 6.07 Å². The van der Waals surface area contributed by atoms with Crippen molar-refractivity contribution in [1.29, 1.82) is 5.26 Å². The second kappa shape index (κ2) is 6.37. The lowest BCUT2D eigenvalue weighted by molar-refractivity contribution is 0.0988. The van der Waals surface area contributed by atoms with Crippen LogP contribution in [-0.4, -0.2) is 19.2 Å². The maximum Gasteiger partial charge on any atom is 0.263 e. The van der Waals surface area contributed by atoms with Crippen LogP contribution < -0.4 is 4.72 Å². The molecular weight excluding hydrogens is 302 g/mol. The van der Waals surface area contributed by atoms with E-state index in [0.717, 1.165) is 0 Å². The minimum absolute atomic E-state index is 0.0158. The third-order valence-electron chi connectivity index (χ3n) is 2.92. The quantitative estimate of drug-likeness (QED) is 0.854. The molecule has 0 bridgehead atoms. The van der Waals surface area contributed by atoms with Crippen LogP contribution in [0.2, 0.25) is 0 Å². The van der Waals surface area contributed by atoms with Crippen LogP contribution in [0.5, 0.6) is 0 Å². The monoisotopic (exact) mass is 315 g/mol. The number of hydrogen-bond acceptors (Lipinski definition) is 5. The first-order valence-corrected chi connectivity index (χ1v) is 7.97. The van der Waals surface area contributed by atoms with E-state index < -0.39 is 10.0 Å². The molecule has 0 unspecified atom stereocenters. The Morgan fingerprint density at radius 1 is 1.32 bits per heavy atom. The van der Waals surface area contributed by atoms with E-state index in [1.165, 1.54) is 36.5 Å². The summed E-state index contributed by atoms with van der Waals surface area (Å²) in [6, 6.07) is 10.6. The first-order chi connectivity index (χ1) is 10.5. The molecule has 2 aromatic rings. The molecule has 1 heterocycles. The molecule has 1 N–H and O–H groups in total. The number of anilines is 1. The van der Waals surface area contributed by atoms with Gasteiger partial charge in [0.25, 0.3) is 10.0 Å². The van der Waals surface area contributed by atoms with Crippen LogP contribution in [0, 0.1) is 11.3 Å². The summed E-state index contributed by atoms with van der Waals surface area (Å²) in [7, 11) is -3.84. The SMILES string of the molecule is CCC(=O)c1cccc(S(=O)(=O)Nc2ccc(C#N)cn2)c1. The third-order valence-corrected chi connectivity index (χ3v) is 4.27. The van der Waals surface area contributed by atoms with Crippen molar-refractivity contribution >= 4 is 21.6 Å². The molecule has 0 aliphatic rings. The number of rotatable bonds is 5. The summed E-state index contributed by atoms with van der Waals surface area (Å²) in [5.74, 6) is -0.0280. The number of carbonyl (C=O) groups excluding carboxylic acids is 1. The van der Waals surface area contributed by atoms with E-state index in [4.69, 9.17) is 5.26 Å². The van der Waals surface area contributed by atoms with Crippen LogP contribution >= 0.6 is 0 Å². The van der Waals surface area contributed by atoms with Crippen molar-refractivity contribution < 1.29 is 13.2 Å². The summed E-state index contributed by atoms with van der Waals surface area (Å²) < 4.78 is 26.9. The smallest absolute Gasteiger partial charge is 0.263 e. The zero-order valence-electron chi connectivity index (χ0n) is 11.8. The summed E-state index contributed by atoms with van der Waals surface area (Å²) in [5.41, 5.74) is 0.677. The van der Waals surface area contributed by atoms with Crippen LogP contribution in [0.3, 0.4) is 0 Å². The molecule has 0 spiro atoms. The van der Waals surface area contributed by atoms with Crippen LogP contribution in [0.25, 0.3) is 0 Å². The average molecular weight is 315 g/mol. The molecule has 0 saturated heterocycles. The van der Waals surface area contributed by atoms with E-state index in [9.17, 15) is 13.2 Å². The Morgan fingerprint density at radius 3 is 2.68 bits per heavy atom. The second-order valence-electron chi connectivity index (χ2n) is 4.45. The predicted molar refractivity (Wildman–Crippen MR) is 80.8 cm³/mol. The fourth-order valence-electron chi connectivity index (χ4n) is 1.76. The van der Waals surface area contributed by atoms with E-state index in [-0.39, 0.29) is 16.5 Å². The molecule has 0 saturated carbocycles. The van der Waals surface area contributed by atoms with Crippen LogP contribution in [0.15, 0.2) is 47.5 Å². The van der Waals surface area contributed by atoms with Gasteiger partial charge in [0.05, 0.1) is 10.5 Å². The largest absolute Gasteiger partial charge is 0.294 e. The van der Waals surface area contributed by atoms with Gasteiger partial charge in [-0.15, -0.1) is 0 Å². The molecule has 1 aromatic heterocycles. The van der Waals surface area contributed by atoms with Gasteiger partial charge in [-0.25, -0.2) is 13.4 Å². The highest BCUT2D eigenvalue weighted by molar-refractivity contribution is 7.92. The number of aromatic nitrogens is 1. The van der Waals surface area contributed by atoms with Gasteiger partial charge in [-0.1, -0.05) is 19.1 Å². The molecule has 22 heavy (non-hydrogen) atoms. The van der Waals surface area contributed by atoms with Gasteiger partial charge in [-0.3, -0.25) is 9.52 Å². The van der Waals surface area contributed by atoms with Crippen molar-refractivity contribution in [3.63, 3.8) is 0 Å². The lowest BCUT2D eigenvalue weighted by Crippen LogP contribution is -2.14. The van der Waals surface area contributed by atoms with Crippen molar-refractivity contribution in [3.05, 3.63) is 53.7 Å². The standard InChI is InChI=1S/C15H13N3O3S/c1-2-14(19)12-4-3-5-13(8-12)22(20,21)18-15-7-6-11(9-16)10-17-15/h3-8,10H,2H2,1H3,(H,17,18). The highest BCUT2D eigenvalue weighted by Crippen LogP contribution is 2.16. The Bertz CT molecular complexity index is 837. The van der Waals surface area contributed by atoms with E-state index >= 15 is 0 Å². The van der Waals surface area contributed by atoms with Gasteiger partial charge in [0.2, 0.25) is 0 Å². The molecule has 0 aliphatic carbocycles. The summed E-state index contributed by atoms with van der Waals surface area (Å²) in [6.07, 6.45) is 1.57. The van der Waals surface area contributed by atoms with Gasteiger partial charge in [0, 0.05) is 18.2 Å². The Balaban J connectivity index is 2.30. The van der Waals surface area contributed by atoms with Gasteiger partial charge in [-0.05, 0) is 24.3 Å². The molecule has 112 valence electrons. The van der Waals surface area contributed by atoms with Gasteiger partial charge in [-0.2, -0.15) is 5.26 Å². The van der Waals surface area contributed by atoms with Crippen molar-refractivity contribution in [1.82, 2.24) is 4.98 Å². The van der Waals surface area contributed by atoms with Gasteiger partial charge >= 0.3 is 0 Å². The Kier molecular flexibility index (Phi) is 4.53. The summed E-state index contributed by atoms with van der Waals surface area (Å²) in [6.45, 7) is 1.71. The maximum atomic E-state index is 12.3. The summed E-state index contributed by atoms with van der Waals surface area (Å²) in [4.78, 5) is 15.5. The van der Waals surface area contributed by atoms with Crippen LogP contribution in [0.1, 0.15) is 29.3 Å². The van der Waals surface area contributed by atoms with Crippen molar-refractivity contribution in [3.8, 4) is 6.07 Å². The molecule has 0 amide bonds. The highest BCUT2D eigenvalue weighted by atomic mass is 32.2. The minimum atomic E-state index is -3.84. The minimum Gasteiger partial charge on any atom is -0.294 e. The third kappa shape index (κ3) is 3.48. The molecule has 2 rings (SSSR count). The van der Waals surface area contributed by atoms with E-state index in [0.29, 0.717) is 17.5 Å². The zero-order chi connectivity index (χ0) is 16.2.